The van der Waals surface area contributed by atoms with Crippen LogP contribution in [0.1, 0.15) is 5.56 Å². The third-order valence-electron chi connectivity index (χ3n) is 3.68. The first-order valence-electron chi connectivity index (χ1n) is 7.55. The van der Waals surface area contributed by atoms with E-state index in [1.807, 2.05) is 0 Å². The Morgan fingerprint density at radius 3 is 2.77 bits per heavy atom. The molecule has 0 saturated heterocycles. The molecule has 0 atom stereocenters. The third kappa shape index (κ3) is 3.34. The zero-order valence-electron chi connectivity index (χ0n) is 13.3. The first-order valence-corrected chi connectivity index (χ1v) is 9.85. The van der Waals surface area contributed by atoms with Crippen LogP contribution in [-0.4, -0.2) is 25.4 Å². The number of nitrogens with zero attached hydrogens (tertiary/aromatic N) is 1. The molecule has 10 heteroatoms. The maximum atomic E-state index is 12.5. The Labute approximate surface area is 152 Å². The number of rotatable bonds is 5. The van der Waals surface area contributed by atoms with Gasteiger partial charge in [0.1, 0.15) is 9.90 Å². The summed E-state index contributed by atoms with van der Waals surface area (Å²) < 4.78 is 38.3. The first-order chi connectivity index (χ1) is 12.5. The first kappa shape index (κ1) is 16.8. The van der Waals surface area contributed by atoms with Gasteiger partial charge in [-0.2, -0.15) is 5.10 Å². The number of aromatic nitrogens is 2. The normalized spacial score (nSPS) is 13.1. The molecule has 0 saturated carbocycles. The number of hydrogen-bond donors (Lipinski definition) is 2. The average molecular weight is 391 g/mol. The van der Waals surface area contributed by atoms with Gasteiger partial charge in [0.15, 0.2) is 11.5 Å². The van der Waals surface area contributed by atoms with Crippen molar-refractivity contribution in [2.24, 2.45) is 0 Å². The average Bonchev–Trinajstić information content (AvgIpc) is 3.30. The van der Waals surface area contributed by atoms with E-state index in [0.29, 0.717) is 22.1 Å². The van der Waals surface area contributed by atoms with Gasteiger partial charge in [0.25, 0.3) is 5.56 Å². The monoisotopic (exact) mass is 391 g/mol. The number of nitrogens with one attached hydrogen (secondary N) is 2. The molecule has 1 aliphatic rings. The molecular formula is C16H13N3O5S2. The summed E-state index contributed by atoms with van der Waals surface area (Å²) in [6.07, 6.45) is 0. The van der Waals surface area contributed by atoms with Gasteiger partial charge in [-0.15, -0.1) is 11.3 Å². The molecule has 2 N–H and O–H groups in total. The molecule has 3 heterocycles. The summed E-state index contributed by atoms with van der Waals surface area (Å²) in [6, 6.07) is 11.3. The Morgan fingerprint density at radius 1 is 1.12 bits per heavy atom. The van der Waals surface area contributed by atoms with Crippen LogP contribution in [0.2, 0.25) is 0 Å². The number of sulfonamides is 1. The lowest BCUT2D eigenvalue weighted by Gasteiger charge is -2.06. The largest absolute Gasteiger partial charge is 0.454 e. The molecule has 0 bridgehead atoms. The molecule has 0 unspecified atom stereocenters. The summed E-state index contributed by atoms with van der Waals surface area (Å²) in [5, 5.41) is 6.23. The zero-order chi connectivity index (χ0) is 18.1. The molecule has 0 radical (unpaired) electrons. The van der Waals surface area contributed by atoms with Crippen molar-refractivity contribution in [3.05, 3.63) is 58.4 Å². The molecule has 8 nitrogen and oxygen atoms in total. The van der Waals surface area contributed by atoms with Gasteiger partial charge in [-0.1, -0.05) is 6.07 Å². The molecule has 0 aliphatic carbocycles. The van der Waals surface area contributed by atoms with E-state index in [1.54, 1.807) is 30.3 Å². The van der Waals surface area contributed by atoms with E-state index in [0.717, 1.165) is 16.9 Å². The van der Waals surface area contributed by atoms with Gasteiger partial charge in [-0.3, -0.25) is 4.79 Å². The van der Waals surface area contributed by atoms with E-state index in [-0.39, 0.29) is 23.1 Å². The highest BCUT2D eigenvalue weighted by Crippen LogP contribution is 2.33. The van der Waals surface area contributed by atoms with Crippen LogP contribution >= 0.6 is 11.3 Å². The van der Waals surface area contributed by atoms with E-state index >= 15 is 0 Å². The molecule has 3 aromatic rings. The zero-order valence-corrected chi connectivity index (χ0v) is 14.9. The minimum absolute atomic E-state index is 0.128. The van der Waals surface area contributed by atoms with Crippen molar-refractivity contribution in [2.75, 3.05) is 6.79 Å². The number of hydrogen-bond acceptors (Lipinski definition) is 7. The lowest BCUT2D eigenvalue weighted by atomic mass is 10.2. The van der Waals surface area contributed by atoms with Crippen molar-refractivity contribution in [1.82, 2.24) is 14.9 Å². The van der Waals surface area contributed by atoms with Crippen LogP contribution < -0.4 is 19.8 Å². The number of aromatic amines is 1. The molecule has 0 spiro atoms. The van der Waals surface area contributed by atoms with Crippen LogP contribution in [0.25, 0.3) is 10.6 Å². The third-order valence-corrected chi connectivity index (χ3v) is 6.68. The maximum absolute atomic E-state index is 12.5. The SMILES string of the molecule is O=c1ccc(-c2ccc(S(=O)(=O)NCc3ccc4c(c3)OCO4)s2)n[nH]1. The quantitative estimate of drug-likeness (QED) is 0.685. The Morgan fingerprint density at radius 2 is 1.96 bits per heavy atom. The molecule has 0 fully saturated rings. The molecule has 0 amide bonds. The van der Waals surface area contributed by atoms with E-state index in [2.05, 4.69) is 14.9 Å². The van der Waals surface area contributed by atoms with Crippen molar-refractivity contribution >= 4 is 21.4 Å². The van der Waals surface area contributed by atoms with E-state index < -0.39 is 10.0 Å². The fraction of sp³-hybridized carbons (Fsp3) is 0.125. The summed E-state index contributed by atoms with van der Waals surface area (Å²) in [4.78, 5) is 11.7. The number of H-pyrrole nitrogens is 1. The van der Waals surface area contributed by atoms with Crippen molar-refractivity contribution in [2.45, 2.75) is 10.8 Å². The summed E-state index contributed by atoms with van der Waals surface area (Å²) in [5.41, 5.74) is 0.951. The lowest BCUT2D eigenvalue weighted by Crippen LogP contribution is -2.22. The predicted octanol–water partition coefficient (Wildman–Crippen LogP) is 1.71. The van der Waals surface area contributed by atoms with Gasteiger partial charge >= 0.3 is 0 Å². The predicted molar refractivity (Wildman–Crippen MR) is 94.8 cm³/mol. The smallest absolute Gasteiger partial charge is 0.264 e. The second kappa shape index (κ2) is 6.56. The Balaban J connectivity index is 1.50. The van der Waals surface area contributed by atoms with E-state index in [9.17, 15) is 13.2 Å². The molecular weight excluding hydrogens is 378 g/mol. The summed E-state index contributed by atoms with van der Waals surface area (Å²) in [7, 11) is -3.67. The van der Waals surface area contributed by atoms with Crippen LogP contribution in [0.4, 0.5) is 0 Å². The molecule has 4 rings (SSSR count). The fourth-order valence-electron chi connectivity index (χ4n) is 2.38. The van der Waals surface area contributed by atoms with Crippen LogP contribution in [0, 0.1) is 0 Å². The molecule has 134 valence electrons. The van der Waals surface area contributed by atoms with Crippen molar-refractivity contribution in [3.8, 4) is 22.1 Å². The van der Waals surface area contributed by atoms with E-state index in [1.165, 1.54) is 12.1 Å². The highest BCUT2D eigenvalue weighted by atomic mass is 32.2. The van der Waals surface area contributed by atoms with Crippen LogP contribution in [0.3, 0.4) is 0 Å². The summed E-state index contributed by atoms with van der Waals surface area (Å²) >= 11 is 1.07. The van der Waals surface area contributed by atoms with Gasteiger partial charge in [0.2, 0.25) is 16.8 Å². The minimum Gasteiger partial charge on any atom is -0.454 e. The molecule has 2 aromatic heterocycles. The molecule has 1 aliphatic heterocycles. The fourth-order valence-corrected chi connectivity index (χ4v) is 4.72. The second-order valence-electron chi connectivity index (χ2n) is 5.44. The van der Waals surface area contributed by atoms with Crippen LogP contribution in [-0.2, 0) is 16.6 Å². The second-order valence-corrected chi connectivity index (χ2v) is 8.51. The highest BCUT2D eigenvalue weighted by Gasteiger charge is 2.19. The summed E-state index contributed by atoms with van der Waals surface area (Å²) in [6.45, 7) is 0.296. The van der Waals surface area contributed by atoms with Gasteiger partial charge in [0, 0.05) is 12.6 Å². The van der Waals surface area contributed by atoms with Crippen LogP contribution in [0.5, 0.6) is 11.5 Å². The highest BCUT2D eigenvalue weighted by molar-refractivity contribution is 7.91. The Hall–Kier alpha value is -2.69. The number of fused-ring (bicyclic) bond motifs is 1. The van der Waals surface area contributed by atoms with Crippen LogP contribution in [0.15, 0.2) is 51.5 Å². The lowest BCUT2D eigenvalue weighted by molar-refractivity contribution is 0.174. The number of benzene rings is 1. The Kier molecular flexibility index (Phi) is 4.23. The van der Waals surface area contributed by atoms with Gasteiger partial charge in [-0.25, -0.2) is 18.2 Å². The van der Waals surface area contributed by atoms with E-state index in [4.69, 9.17) is 9.47 Å². The standard InChI is InChI=1S/C16H13N3O5S2/c20-15-5-2-11(18-19-15)14-4-6-16(25-14)26(21,22)17-8-10-1-3-12-13(7-10)24-9-23-12/h1-7,17H,8-9H2,(H,19,20). The van der Waals surface area contributed by atoms with Gasteiger partial charge < -0.3 is 9.47 Å². The van der Waals surface area contributed by atoms with Crippen molar-refractivity contribution in [3.63, 3.8) is 0 Å². The molecule has 1 aromatic carbocycles. The Bertz CT molecular complexity index is 1100. The van der Waals surface area contributed by atoms with Gasteiger partial charge in [-0.05, 0) is 35.9 Å². The van der Waals surface area contributed by atoms with Crippen molar-refractivity contribution < 1.29 is 17.9 Å². The molecule has 26 heavy (non-hydrogen) atoms. The minimum atomic E-state index is -3.67. The maximum Gasteiger partial charge on any atom is 0.264 e. The number of thiophene rings is 1. The van der Waals surface area contributed by atoms with Crippen molar-refractivity contribution in [1.29, 1.82) is 0 Å². The topological polar surface area (TPSA) is 110 Å². The number of ether oxygens (including phenoxy) is 2. The summed E-state index contributed by atoms with van der Waals surface area (Å²) in [5.74, 6) is 1.25. The van der Waals surface area contributed by atoms with Gasteiger partial charge in [0.05, 0.1) is 4.88 Å².